The summed E-state index contributed by atoms with van der Waals surface area (Å²) in [5, 5.41) is 7.14. The van der Waals surface area contributed by atoms with Crippen molar-refractivity contribution in [3.05, 3.63) is 152 Å². The monoisotopic (exact) mass is 535 g/mol. The molecule has 196 valence electrons. The average molecular weight is 536 g/mol. The Balaban J connectivity index is 1.39. The summed E-state index contributed by atoms with van der Waals surface area (Å²) < 4.78 is 0. The number of benzene rings is 7. The minimum atomic E-state index is 0.652. The Morgan fingerprint density at radius 2 is 0.833 bits per heavy atom. The lowest BCUT2D eigenvalue weighted by Gasteiger charge is -2.13. The fourth-order valence-electron chi connectivity index (χ4n) is 5.79. The van der Waals surface area contributed by atoms with Gasteiger partial charge in [0.1, 0.15) is 0 Å². The lowest BCUT2D eigenvalue weighted by molar-refractivity contribution is 1.08. The Morgan fingerprint density at radius 1 is 0.286 bits per heavy atom. The Labute approximate surface area is 243 Å². The molecule has 0 unspecified atom stereocenters. The molecule has 0 aliphatic carbocycles. The molecule has 3 heteroatoms. The standard InChI is InChI=1S/C39H25N3/c1-3-12-26(13-4-1)28-18-11-19-31(22-28)38-40-37(27-14-5-2-6-15-27)41-39(42-38)36-25-32-23-29-16-7-8-17-30(29)24-35(32)33-20-9-10-21-34(33)36/h1-25H. The van der Waals surface area contributed by atoms with E-state index in [4.69, 9.17) is 15.0 Å². The van der Waals surface area contributed by atoms with Crippen molar-refractivity contribution in [1.29, 1.82) is 0 Å². The van der Waals surface area contributed by atoms with Crippen LogP contribution in [-0.4, -0.2) is 15.0 Å². The van der Waals surface area contributed by atoms with E-state index < -0.39 is 0 Å². The lowest BCUT2D eigenvalue weighted by Crippen LogP contribution is -2.01. The molecule has 0 atom stereocenters. The van der Waals surface area contributed by atoms with Crippen LogP contribution in [0.25, 0.3) is 77.6 Å². The van der Waals surface area contributed by atoms with Gasteiger partial charge in [0.15, 0.2) is 17.5 Å². The number of nitrogens with zero attached hydrogens (tertiary/aromatic N) is 3. The molecule has 0 aliphatic rings. The summed E-state index contributed by atoms with van der Waals surface area (Å²) in [5.74, 6) is 1.97. The Hall–Kier alpha value is -5.67. The van der Waals surface area contributed by atoms with Gasteiger partial charge in [-0.15, -0.1) is 0 Å². The molecular weight excluding hydrogens is 510 g/mol. The summed E-state index contributed by atoms with van der Waals surface area (Å²) in [6, 6.07) is 52.8. The van der Waals surface area contributed by atoms with Crippen molar-refractivity contribution in [3.63, 3.8) is 0 Å². The van der Waals surface area contributed by atoms with Crippen LogP contribution in [0.3, 0.4) is 0 Å². The van der Waals surface area contributed by atoms with Crippen LogP contribution < -0.4 is 0 Å². The summed E-state index contributed by atoms with van der Waals surface area (Å²) >= 11 is 0. The molecule has 0 saturated carbocycles. The van der Waals surface area contributed by atoms with E-state index in [1.165, 1.54) is 21.5 Å². The second-order valence-electron chi connectivity index (χ2n) is 10.5. The molecule has 0 bridgehead atoms. The van der Waals surface area contributed by atoms with Crippen molar-refractivity contribution in [3.8, 4) is 45.3 Å². The van der Waals surface area contributed by atoms with Gasteiger partial charge in [-0.1, -0.05) is 127 Å². The van der Waals surface area contributed by atoms with E-state index in [2.05, 4.69) is 115 Å². The van der Waals surface area contributed by atoms with Gasteiger partial charge in [0.25, 0.3) is 0 Å². The molecule has 0 spiro atoms. The zero-order chi connectivity index (χ0) is 27.9. The first-order valence-electron chi connectivity index (χ1n) is 14.1. The summed E-state index contributed by atoms with van der Waals surface area (Å²) in [7, 11) is 0. The predicted molar refractivity (Wildman–Crippen MR) is 174 cm³/mol. The lowest BCUT2D eigenvalue weighted by atomic mass is 9.94. The second-order valence-corrected chi connectivity index (χ2v) is 10.5. The number of hydrogen-bond donors (Lipinski definition) is 0. The van der Waals surface area contributed by atoms with E-state index in [0.717, 1.165) is 38.6 Å². The summed E-state index contributed by atoms with van der Waals surface area (Å²) in [6.45, 7) is 0. The van der Waals surface area contributed by atoms with Crippen molar-refractivity contribution >= 4 is 32.3 Å². The number of aromatic nitrogens is 3. The maximum absolute atomic E-state index is 5.13. The molecular formula is C39H25N3. The maximum Gasteiger partial charge on any atom is 0.164 e. The van der Waals surface area contributed by atoms with Gasteiger partial charge in [0.2, 0.25) is 0 Å². The van der Waals surface area contributed by atoms with Gasteiger partial charge >= 0.3 is 0 Å². The smallest absolute Gasteiger partial charge is 0.164 e. The molecule has 0 fully saturated rings. The zero-order valence-electron chi connectivity index (χ0n) is 22.8. The number of fused-ring (bicyclic) bond motifs is 4. The molecule has 42 heavy (non-hydrogen) atoms. The van der Waals surface area contributed by atoms with Gasteiger partial charge in [-0.2, -0.15) is 0 Å². The van der Waals surface area contributed by atoms with Gasteiger partial charge in [-0.25, -0.2) is 15.0 Å². The SMILES string of the molecule is c1ccc(-c2cccc(-c3nc(-c4ccccc4)nc(-c4cc5cc6ccccc6cc5c5ccccc45)n3)c2)cc1. The largest absolute Gasteiger partial charge is 0.208 e. The first kappa shape index (κ1) is 24.2. The molecule has 1 heterocycles. The van der Waals surface area contributed by atoms with Gasteiger partial charge < -0.3 is 0 Å². The van der Waals surface area contributed by atoms with Crippen LogP contribution in [0, 0.1) is 0 Å². The molecule has 7 aromatic carbocycles. The van der Waals surface area contributed by atoms with Crippen LogP contribution >= 0.6 is 0 Å². The maximum atomic E-state index is 5.13. The summed E-state index contributed by atoms with van der Waals surface area (Å²) in [5.41, 5.74) is 5.18. The normalized spacial score (nSPS) is 11.3. The Kier molecular flexibility index (Phi) is 5.79. The van der Waals surface area contributed by atoms with E-state index >= 15 is 0 Å². The second kappa shape index (κ2) is 10.1. The third-order valence-corrected chi connectivity index (χ3v) is 7.86. The molecule has 3 nitrogen and oxygen atoms in total. The molecule has 0 radical (unpaired) electrons. The summed E-state index contributed by atoms with van der Waals surface area (Å²) in [4.78, 5) is 15.2. The number of hydrogen-bond acceptors (Lipinski definition) is 3. The van der Waals surface area contributed by atoms with E-state index in [1.54, 1.807) is 0 Å². The number of rotatable bonds is 4. The summed E-state index contributed by atoms with van der Waals surface area (Å²) in [6.07, 6.45) is 0. The minimum absolute atomic E-state index is 0.652. The fraction of sp³-hybridized carbons (Fsp3) is 0. The van der Waals surface area contributed by atoms with Crippen LogP contribution in [0.2, 0.25) is 0 Å². The van der Waals surface area contributed by atoms with Crippen molar-refractivity contribution in [2.24, 2.45) is 0 Å². The molecule has 1 aromatic heterocycles. The molecule has 0 saturated heterocycles. The van der Waals surface area contributed by atoms with Gasteiger partial charge in [0, 0.05) is 16.7 Å². The van der Waals surface area contributed by atoms with E-state index in [-0.39, 0.29) is 0 Å². The highest BCUT2D eigenvalue weighted by Crippen LogP contribution is 2.37. The zero-order valence-corrected chi connectivity index (χ0v) is 22.8. The van der Waals surface area contributed by atoms with Crippen LogP contribution in [0.5, 0.6) is 0 Å². The third-order valence-electron chi connectivity index (χ3n) is 7.86. The molecule has 8 aromatic rings. The predicted octanol–water partition coefficient (Wildman–Crippen LogP) is 10.00. The van der Waals surface area contributed by atoms with Crippen molar-refractivity contribution < 1.29 is 0 Å². The van der Waals surface area contributed by atoms with Crippen LogP contribution in [0.1, 0.15) is 0 Å². The molecule has 0 amide bonds. The van der Waals surface area contributed by atoms with E-state index in [9.17, 15) is 0 Å². The average Bonchev–Trinajstić information content (AvgIpc) is 3.08. The first-order chi connectivity index (χ1) is 20.8. The minimum Gasteiger partial charge on any atom is -0.208 e. The highest BCUT2D eigenvalue weighted by molar-refractivity contribution is 6.16. The van der Waals surface area contributed by atoms with Gasteiger partial charge in [-0.05, 0) is 67.7 Å². The van der Waals surface area contributed by atoms with Crippen molar-refractivity contribution in [1.82, 2.24) is 15.0 Å². The van der Waals surface area contributed by atoms with E-state index in [0.29, 0.717) is 17.5 Å². The topological polar surface area (TPSA) is 38.7 Å². The molecule has 0 N–H and O–H groups in total. The van der Waals surface area contributed by atoms with E-state index in [1.807, 2.05) is 36.4 Å². The highest BCUT2D eigenvalue weighted by atomic mass is 15.0. The van der Waals surface area contributed by atoms with Crippen LogP contribution in [-0.2, 0) is 0 Å². The third kappa shape index (κ3) is 4.29. The van der Waals surface area contributed by atoms with Gasteiger partial charge in [0.05, 0.1) is 0 Å². The van der Waals surface area contributed by atoms with Crippen molar-refractivity contribution in [2.75, 3.05) is 0 Å². The fourth-order valence-corrected chi connectivity index (χ4v) is 5.79. The van der Waals surface area contributed by atoms with Crippen LogP contribution in [0.4, 0.5) is 0 Å². The van der Waals surface area contributed by atoms with Crippen LogP contribution in [0.15, 0.2) is 152 Å². The van der Waals surface area contributed by atoms with Gasteiger partial charge in [-0.3, -0.25) is 0 Å². The Bertz CT molecular complexity index is 2240. The Morgan fingerprint density at radius 3 is 1.60 bits per heavy atom. The molecule has 0 aliphatic heterocycles. The van der Waals surface area contributed by atoms with Crippen molar-refractivity contribution in [2.45, 2.75) is 0 Å². The molecule has 8 rings (SSSR count). The first-order valence-corrected chi connectivity index (χ1v) is 14.1. The quantitative estimate of drug-likeness (QED) is 0.166. The highest BCUT2D eigenvalue weighted by Gasteiger charge is 2.16.